The molecule has 27 heavy (non-hydrogen) atoms. The summed E-state index contributed by atoms with van der Waals surface area (Å²) in [4.78, 5) is 34.5. The van der Waals surface area contributed by atoms with Gasteiger partial charge in [0.25, 0.3) is 0 Å². The first-order valence-electron chi connectivity index (χ1n) is 8.98. The molecule has 1 aliphatic heterocycles. The fraction of sp³-hybridized carbons (Fsp3) is 0.389. The predicted octanol–water partition coefficient (Wildman–Crippen LogP) is 2.23. The van der Waals surface area contributed by atoms with Crippen LogP contribution in [-0.2, 0) is 5.66 Å². The van der Waals surface area contributed by atoms with E-state index in [2.05, 4.69) is 27.6 Å². The van der Waals surface area contributed by atoms with Gasteiger partial charge < -0.3 is 11.1 Å². The Morgan fingerprint density at radius 2 is 2.26 bits per heavy atom. The lowest BCUT2D eigenvalue weighted by Crippen LogP contribution is -2.48. The van der Waals surface area contributed by atoms with Gasteiger partial charge in [0.1, 0.15) is 23.7 Å². The van der Waals surface area contributed by atoms with Crippen molar-refractivity contribution in [2.24, 2.45) is 5.92 Å². The molecular formula is C18H22N7O2+. The molecule has 0 saturated heterocycles. The summed E-state index contributed by atoms with van der Waals surface area (Å²) in [5.74, 6) is 1.45. The molecule has 3 heterocycles. The predicted molar refractivity (Wildman–Crippen MR) is 102 cm³/mol. The third-order valence-corrected chi connectivity index (χ3v) is 5.24. The van der Waals surface area contributed by atoms with Crippen molar-refractivity contribution in [3.05, 3.63) is 51.4 Å². The highest BCUT2D eigenvalue weighted by Gasteiger charge is 2.52. The van der Waals surface area contributed by atoms with E-state index in [0.29, 0.717) is 45.9 Å². The first-order valence-corrected chi connectivity index (χ1v) is 8.98. The number of nitrogen functional groups attached to an aromatic ring is 1. The number of hydrogen-bond donors (Lipinski definition) is 3. The van der Waals surface area contributed by atoms with Gasteiger partial charge in [0.05, 0.1) is 4.87 Å². The second-order valence-corrected chi connectivity index (χ2v) is 7.11. The Hall–Kier alpha value is -3.23. The number of nitrogens with one attached hydrogen (secondary N) is 2. The number of hydrogen-bond acceptors (Lipinski definition) is 6. The van der Waals surface area contributed by atoms with Crippen molar-refractivity contribution in [3.63, 3.8) is 0 Å². The van der Waals surface area contributed by atoms with Gasteiger partial charge in [-0.15, -0.1) is 0 Å². The first-order chi connectivity index (χ1) is 12.9. The molecule has 0 amide bonds. The first kappa shape index (κ1) is 17.2. The van der Waals surface area contributed by atoms with Crippen molar-refractivity contribution < 1.29 is 4.87 Å². The van der Waals surface area contributed by atoms with Crippen molar-refractivity contribution in [1.82, 2.24) is 20.0 Å². The van der Waals surface area contributed by atoms with Crippen LogP contribution in [0.1, 0.15) is 31.7 Å². The number of nitrogens with zero attached hydrogens (tertiary/aromatic N) is 4. The van der Waals surface area contributed by atoms with Crippen LogP contribution >= 0.6 is 0 Å². The minimum Gasteiger partial charge on any atom is -0.384 e. The Morgan fingerprint density at radius 3 is 3.00 bits per heavy atom. The van der Waals surface area contributed by atoms with Crippen molar-refractivity contribution >= 4 is 23.1 Å². The van der Waals surface area contributed by atoms with Crippen LogP contribution in [0.2, 0.25) is 0 Å². The van der Waals surface area contributed by atoms with Gasteiger partial charge in [-0.25, -0.2) is 14.8 Å². The molecule has 0 bridgehead atoms. The lowest BCUT2D eigenvalue weighted by molar-refractivity contribution is -0.530. The lowest BCUT2D eigenvalue weighted by atomic mass is 9.85. The largest absolute Gasteiger partial charge is 0.384 e. The fourth-order valence-electron chi connectivity index (χ4n) is 3.91. The quantitative estimate of drug-likeness (QED) is 0.561. The monoisotopic (exact) mass is 368 g/mol. The second kappa shape index (κ2) is 6.19. The van der Waals surface area contributed by atoms with Gasteiger partial charge in [-0.05, 0) is 36.3 Å². The van der Waals surface area contributed by atoms with Gasteiger partial charge in [0.2, 0.25) is 5.66 Å². The maximum atomic E-state index is 13.3. The van der Waals surface area contributed by atoms with Crippen LogP contribution in [0.3, 0.4) is 0 Å². The lowest BCUT2D eigenvalue weighted by Gasteiger charge is -2.29. The van der Waals surface area contributed by atoms with E-state index in [4.69, 9.17) is 5.73 Å². The highest BCUT2D eigenvalue weighted by molar-refractivity contribution is 5.60. The Kier molecular flexibility index (Phi) is 3.94. The zero-order valence-corrected chi connectivity index (χ0v) is 15.3. The van der Waals surface area contributed by atoms with E-state index >= 15 is 0 Å². The van der Waals surface area contributed by atoms with Crippen molar-refractivity contribution in [2.45, 2.75) is 38.8 Å². The highest BCUT2D eigenvalue weighted by atomic mass is 16.3. The maximum absolute atomic E-state index is 13.3. The number of allylic oxidation sites excluding steroid dienone is 1. The summed E-state index contributed by atoms with van der Waals surface area (Å²) in [7, 11) is 0. The smallest absolute Gasteiger partial charge is 0.360 e. The number of fused-ring (bicyclic) bond motifs is 2. The van der Waals surface area contributed by atoms with Gasteiger partial charge in [0.15, 0.2) is 0 Å². The van der Waals surface area contributed by atoms with Crippen molar-refractivity contribution in [1.29, 1.82) is 0 Å². The summed E-state index contributed by atoms with van der Waals surface area (Å²) in [5.41, 5.74) is 8.53. The summed E-state index contributed by atoms with van der Waals surface area (Å²) in [6.45, 7) is 3.92. The molecule has 0 aromatic carbocycles. The van der Waals surface area contributed by atoms with Crippen LogP contribution in [-0.4, -0.2) is 19.4 Å². The number of rotatable bonds is 3. The molecule has 9 nitrogen and oxygen atoms in total. The van der Waals surface area contributed by atoms with E-state index < -0.39 is 5.66 Å². The summed E-state index contributed by atoms with van der Waals surface area (Å²) < 4.78 is 1.56. The number of hydrazine groups is 1. The Morgan fingerprint density at radius 1 is 1.44 bits per heavy atom. The molecule has 2 aromatic rings. The molecule has 2 unspecified atom stereocenters. The number of nitrogens with two attached hydrogens (primary N) is 1. The highest BCUT2D eigenvalue weighted by Crippen LogP contribution is 2.39. The van der Waals surface area contributed by atoms with Crippen LogP contribution in [0.4, 0.5) is 23.1 Å². The fourth-order valence-corrected chi connectivity index (χ4v) is 3.91. The molecule has 2 aromatic heterocycles. The topological polar surface area (TPSA) is 118 Å². The third-order valence-electron chi connectivity index (χ3n) is 5.24. The summed E-state index contributed by atoms with van der Waals surface area (Å²) in [5, 5.41) is 3.01. The SMILES string of the molecule is CCC1CC=CC2(C1)N[N+](=O)c1c(C)cc(Nc3cc(N)ncn3)c(=O)n12. The average molecular weight is 368 g/mol. The Labute approximate surface area is 155 Å². The number of nitroso groups, excluding NO2 is 1. The molecule has 4 N–H and O–H groups in total. The second-order valence-electron chi connectivity index (χ2n) is 7.11. The van der Waals surface area contributed by atoms with Crippen LogP contribution in [0.15, 0.2) is 35.4 Å². The van der Waals surface area contributed by atoms with Crippen molar-refractivity contribution in [3.8, 4) is 0 Å². The Bertz CT molecular complexity index is 1010. The van der Waals surface area contributed by atoms with Gasteiger partial charge in [-0.2, -0.15) is 9.99 Å². The van der Waals surface area contributed by atoms with E-state index in [1.807, 2.05) is 12.2 Å². The number of aromatic nitrogens is 3. The molecule has 2 aliphatic rings. The third kappa shape index (κ3) is 2.75. The van der Waals surface area contributed by atoms with E-state index in [0.717, 1.165) is 12.8 Å². The van der Waals surface area contributed by atoms with E-state index in [1.54, 1.807) is 23.6 Å². The minimum atomic E-state index is -0.847. The molecule has 1 spiro atoms. The van der Waals surface area contributed by atoms with Crippen molar-refractivity contribution in [2.75, 3.05) is 11.1 Å². The molecule has 140 valence electrons. The zero-order valence-electron chi connectivity index (χ0n) is 15.3. The van der Waals surface area contributed by atoms with E-state index in [1.165, 1.54) is 6.33 Å². The number of pyridine rings is 1. The summed E-state index contributed by atoms with van der Waals surface area (Å²) >= 11 is 0. The zero-order chi connectivity index (χ0) is 19.2. The molecule has 1 aliphatic carbocycles. The van der Waals surface area contributed by atoms with E-state index in [9.17, 15) is 9.70 Å². The summed E-state index contributed by atoms with van der Waals surface area (Å²) in [6.07, 6.45) is 7.89. The normalized spacial score (nSPS) is 23.3. The molecule has 2 atom stereocenters. The molecule has 0 saturated carbocycles. The van der Waals surface area contributed by atoms with Crippen LogP contribution in [0.25, 0.3) is 0 Å². The van der Waals surface area contributed by atoms with Crippen LogP contribution in [0.5, 0.6) is 0 Å². The van der Waals surface area contributed by atoms with Crippen LogP contribution < -0.4 is 22.0 Å². The minimum absolute atomic E-state index is 0.292. The van der Waals surface area contributed by atoms with Gasteiger partial charge in [-0.3, -0.25) is 0 Å². The summed E-state index contributed by atoms with van der Waals surface area (Å²) in [6, 6.07) is 3.20. The number of aryl methyl sites for hydroxylation is 1. The van der Waals surface area contributed by atoms with Gasteiger partial charge in [-0.1, -0.05) is 19.4 Å². The van der Waals surface area contributed by atoms with Gasteiger partial charge in [0, 0.05) is 18.1 Å². The van der Waals surface area contributed by atoms with Crippen LogP contribution in [0, 0.1) is 17.7 Å². The average Bonchev–Trinajstić information content (AvgIpc) is 2.91. The molecule has 9 heteroatoms. The standard InChI is InChI=1S/C18H22N7O2/c1-3-12-5-4-6-18(9-12)23-25(27)16-11(2)7-13(17(26)24(16)18)22-15-8-14(19)20-10-21-15/h4,6-8,10,12H,3,5,9H2,1-2H3,(H,23,27)(H3,19,20,21,22)/q+1. The van der Waals surface area contributed by atoms with Gasteiger partial charge >= 0.3 is 11.4 Å². The molecular weight excluding hydrogens is 346 g/mol. The maximum Gasteiger partial charge on any atom is 0.360 e. The Balaban J connectivity index is 1.85. The van der Waals surface area contributed by atoms with E-state index in [-0.39, 0.29) is 5.56 Å². The molecule has 4 rings (SSSR count). The molecule has 0 radical (unpaired) electrons. The number of anilines is 3. The molecule has 0 fully saturated rings.